The summed E-state index contributed by atoms with van der Waals surface area (Å²) in [6.07, 6.45) is 0. The lowest BCUT2D eigenvalue weighted by atomic mass is 10.1. The number of methoxy groups -OCH3 is 1. The highest BCUT2D eigenvalue weighted by molar-refractivity contribution is 6.53. The molecule has 0 aromatic heterocycles. The Morgan fingerprint density at radius 1 is 0.889 bits per heavy atom. The summed E-state index contributed by atoms with van der Waals surface area (Å²) in [5, 5.41) is 4.52. The molecule has 1 aliphatic rings. The number of carbonyl (C=O) groups is 2. The van der Waals surface area contributed by atoms with Crippen molar-refractivity contribution in [2.24, 2.45) is 0 Å². The summed E-state index contributed by atoms with van der Waals surface area (Å²) in [7, 11) is 1.53. The first kappa shape index (κ1) is 17.1. The van der Waals surface area contributed by atoms with Crippen LogP contribution in [-0.2, 0) is 9.59 Å². The second-order valence-electron chi connectivity index (χ2n) is 5.96. The number of benzene rings is 3. The zero-order chi connectivity index (χ0) is 19.0. The number of rotatable bonds is 4. The molecule has 0 unspecified atom stereocenters. The maximum Gasteiger partial charge on any atom is 0.283 e. The lowest BCUT2D eigenvalue weighted by molar-refractivity contribution is -0.120. The van der Waals surface area contributed by atoms with Crippen LogP contribution in [0, 0.1) is 0 Å². The molecule has 2 amide bonds. The van der Waals surface area contributed by atoms with Crippen LogP contribution >= 0.6 is 11.6 Å². The first-order valence-corrected chi connectivity index (χ1v) is 8.66. The van der Waals surface area contributed by atoms with Crippen LogP contribution in [0.5, 0.6) is 5.75 Å². The number of amides is 2. The van der Waals surface area contributed by atoms with E-state index in [1.165, 1.54) is 7.11 Å². The second kappa shape index (κ2) is 6.78. The third kappa shape index (κ3) is 2.82. The minimum atomic E-state index is -0.560. The van der Waals surface area contributed by atoms with Crippen molar-refractivity contribution in [3.8, 4) is 5.75 Å². The molecule has 0 aliphatic carbocycles. The molecule has 27 heavy (non-hydrogen) atoms. The molecule has 0 radical (unpaired) electrons. The summed E-state index contributed by atoms with van der Waals surface area (Å²) in [5.41, 5.74) is 1.08. The third-order valence-corrected chi connectivity index (χ3v) is 4.75. The number of anilines is 2. The molecule has 0 saturated heterocycles. The van der Waals surface area contributed by atoms with Gasteiger partial charge in [-0.2, -0.15) is 0 Å². The van der Waals surface area contributed by atoms with Crippen LogP contribution in [0.3, 0.4) is 0 Å². The number of ether oxygens (including phenoxy) is 1. The molecule has 0 spiro atoms. The van der Waals surface area contributed by atoms with Crippen LogP contribution in [-0.4, -0.2) is 18.9 Å². The van der Waals surface area contributed by atoms with Gasteiger partial charge in [-0.25, -0.2) is 4.90 Å². The molecule has 0 saturated carbocycles. The summed E-state index contributed by atoms with van der Waals surface area (Å²) >= 11 is 6.23. The number of para-hydroxylation sites is 2. The average molecular weight is 379 g/mol. The first-order chi connectivity index (χ1) is 13.1. The van der Waals surface area contributed by atoms with Gasteiger partial charge in [-0.1, -0.05) is 60.1 Å². The summed E-state index contributed by atoms with van der Waals surface area (Å²) in [6.45, 7) is 0. The van der Waals surface area contributed by atoms with Gasteiger partial charge in [0.25, 0.3) is 11.8 Å². The summed E-state index contributed by atoms with van der Waals surface area (Å²) < 4.78 is 5.28. The van der Waals surface area contributed by atoms with Gasteiger partial charge < -0.3 is 10.1 Å². The smallest absolute Gasteiger partial charge is 0.283 e. The monoisotopic (exact) mass is 378 g/mol. The van der Waals surface area contributed by atoms with E-state index in [1.54, 1.807) is 30.3 Å². The predicted octanol–water partition coefficient (Wildman–Crippen LogP) is 4.28. The molecule has 134 valence electrons. The molecule has 0 fully saturated rings. The second-order valence-corrected chi connectivity index (χ2v) is 6.34. The number of imide groups is 1. The Bertz CT molecular complexity index is 1100. The molecule has 4 rings (SSSR count). The largest absolute Gasteiger partial charge is 0.495 e. The minimum absolute atomic E-state index is 0.0269. The SMILES string of the molecule is COc1ccccc1NC1=C(Cl)C(=O)N(c2cccc3ccccc23)C1=O. The number of carbonyl (C=O) groups excluding carboxylic acids is 2. The number of hydrogen-bond acceptors (Lipinski definition) is 4. The molecular formula is C21H15ClN2O3. The van der Waals surface area contributed by atoms with E-state index in [1.807, 2.05) is 36.4 Å². The van der Waals surface area contributed by atoms with Crippen LogP contribution in [0.15, 0.2) is 77.5 Å². The van der Waals surface area contributed by atoms with Gasteiger partial charge in [-0.15, -0.1) is 0 Å². The molecule has 1 N–H and O–H groups in total. The van der Waals surface area contributed by atoms with Crippen LogP contribution in [0.2, 0.25) is 0 Å². The zero-order valence-electron chi connectivity index (χ0n) is 14.4. The van der Waals surface area contributed by atoms with E-state index in [4.69, 9.17) is 16.3 Å². The van der Waals surface area contributed by atoms with Gasteiger partial charge in [0.1, 0.15) is 16.5 Å². The van der Waals surface area contributed by atoms with Gasteiger partial charge in [0, 0.05) is 5.39 Å². The molecule has 0 atom stereocenters. The Kier molecular flexibility index (Phi) is 4.30. The molecule has 6 heteroatoms. The third-order valence-electron chi connectivity index (χ3n) is 4.40. The van der Waals surface area contributed by atoms with Crippen molar-refractivity contribution in [3.63, 3.8) is 0 Å². The van der Waals surface area contributed by atoms with E-state index >= 15 is 0 Å². The highest BCUT2D eigenvalue weighted by atomic mass is 35.5. The minimum Gasteiger partial charge on any atom is -0.495 e. The Morgan fingerprint density at radius 2 is 1.59 bits per heavy atom. The fourth-order valence-corrected chi connectivity index (χ4v) is 3.33. The Balaban J connectivity index is 1.75. The van der Waals surface area contributed by atoms with Crippen molar-refractivity contribution in [2.75, 3.05) is 17.3 Å². The molecule has 3 aromatic rings. The van der Waals surface area contributed by atoms with Gasteiger partial charge in [0.2, 0.25) is 0 Å². The number of nitrogens with one attached hydrogen (secondary N) is 1. The lowest BCUT2D eigenvalue weighted by Gasteiger charge is -2.17. The van der Waals surface area contributed by atoms with Crippen molar-refractivity contribution in [3.05, 3.63) is 77.5 Å². The maximum absolute atomic E-state index is 13.0. The standard InChI is InChI=1S/C21H15ClN2O3/c1-27-17-12-5-4-10-15(17)23-19-18(22)20(25)24(21(19)26)16-11-6-8-13-7-2-3-9-14(13)16/h2-12,23H,1H3. The van der Waals surface area contributed by atoms with Crippen LogP contribution in [0.25, 0.3) is 10.8 Å². The van der Waals surface area contributed by atoms with Crippen LogP contribution < -0.4 is 15.0 Å². The number of hydrogen-bond donors (Lipinski definition) is 1. The average Bonchev–Trinajstić information content (AvgIpc) is 2.91. The maximum atomic E-state index is 13.0. The molecule has 1 aliphatic heterocycles. The van der Waals surface area contributed by atoms with E-state index in [9.17, 15) is 9.59 Å². The van der Waals surface area contributed by atoms with Crippen LogP contribution in [0.4, 0.5) is 11.4 Å². The summed E-state index contributed by atoms with van der Waals surface area (Å²) in [4.78, 5) is 26.9. The van der Waals surface area contributed by atoms with E-state index in [-0.39, 0.29) is 10.7 Å². The topological polar surface area (TPSA) is 58.6 Å². The van der Waals surface area contributed by atoms with E-state index in [0.717, 1.165) is 15.7 Å². The number of halogens is 1. The molecule has 5 nitrogen and oxygen atoms in total. The van der Waals surface area contributed by atoms with Crippen molar-refractivity contribution < 1.29 is 14.3 Å². The van der Waals surface area contributed by atoms with E-state index < -0.39 is 11.8 Å². The van der Waals surface area contributed by atoms with Crippen molar-refractivity contribution in [2.45, 2.75) is 0 Å². The van der Waals surface area contributed by atoms with Gasteiger partial charge in [-0.05, 0) is 23.6 Å². The zero-order valence-corrected chi connectivity index (χ0v) is 15.2. The Hall–Kier alpha value is -3.31. The van der Waals surface area contributed by atoms with E-state index in [2.05, 4.69) is 5.32 Å². The first-order valence-electron chi connectivity index (χ1n) is 8.28. The predicted molar refractivity (Wildman–Crippen MR) is 106 cm³/mol. The summed E-state index contributed by atoms with van der Waals surface area (Å²) in [5.74, 6) is -0.527. The number of fused-ring (bicyclic) bond motifs is 1. The highest BCUT2D eigenvalue weighted by Crippen LogP contribution is 2.35. The van der Waals surface area contributed by atoms with E-state index in [0.29, 0.717) is 17.1 Å². The van der Waals surface area contributed by atoms with Gasteiger partial charge in [0.15, 0.2) is 0 Å². The highest BCUT2D eigenvalue weighted by Gasteiger charge is 2.39. The van der Waals surface area contributed by atoms with Gasteiger partial charge in [0.05, 0.1) is 18.5 Å². The quantitative estimate of drug-likeness (QED) is 0.688. The molecule has 0 bridgehead atoms. The molecule has 1 heterocycles. The summed E-state index contributed by atoms with van der Waals surface area (Å²) in [6, 6.07) is 20.1. The molecule has 3 aromatic carbocycles. The molecular weight excluding hydrogens is 364 g/mol. The normalized spacial score (nSPS) is 14.2. The van der Waals surface area contributed by atoms with Crippen molar-refractivity contribution in [1.82, 2.24) is 0 Å². The fraction of sp³-hybridized carbons (Fsp3) is 0.0476. The fourth-order valence-electron chi connectivity index (χ4n) is 3.12. The Labute approximate surface area is 160 Å². The van der Waals surface area contributed by atoms with Gasteiger partial charge in [-0.3, -0.25) is 9.59 Å². The Morgan fingerprint density at radius 3 is 2.41 bits per heavy atom. The van der Waals surface area contributed by atoms with Crippen molar-refractivity contribution in [1.29, 1.82) is 0 Å². The van der Waals surface area contributed by atoms with Crippen LogP contribution in [0.1, 0.15) is 0 Å². The van der Waals surface area contributed by atoms with Crippen molar-refractivity contribution >= 4 is 45.6 Å². The number of nitrogens with zero attached hydrogens (tertiary/aromatic N) is 1. The van der Waals surface area contributed by atoms with Gasteiger partial charge >= 0.3 is 0 Å². The lowest BCUT2D eigenvalue weighted by Crippen LogP contribution is -2.32.